The summed E-state index contributed by atoms with van der Waals surface area (Å²) in [5, 5.41) is 4.77. The molecule has 0 aliphatic heterocycles. The van der Waals surface area contributed by atoms with Crippen LogP contribution in [0.3, 0.4) is 0 Å². The van der Waals surface area contributed by atoms with E-state index in [1.807, 2.05) is 0 Å². The Bertz CT molecular complexity index is 3210. The van der Waals surface area contributed by atoms with Gasteiger partial charge < -0.3 is 14.4 Å². The van der Waals surface area contributed by atoms with Crippen molar-refractivity contribution in [2.45, 2.75) is 0 Å². The van der Waals surface area contributed by atoms with Crippen molar-refractivity contribution >= 4 is 66.7 Å². The zero-order valence-electron chi connectivity index (χ0n) is 33.5. The van der Waals surface area contributed by atoms with E-state index in [9.17, 15) is 0 Å². The molecule has 0 saturated heterocycles. The van der Waals surface area contributed by atoms with Gasteiger partial charge >= 0.3 is 0 Å². The number of hydrogen-bond donors (Lipinski definition) is 0. The SMILES string of the molecule is c1ccc(-c2ccccc2-c2cccc(-n3c4cc5ccccc5cc4c4c(N(c5ccccc5)c5ccccc5)cc(N(c5ccccc5)c5ccccc5)cc43)c2)cc1. The van der Waals surface area contributed by atoms with Crippen molar-refractivity contribution in [2.75, 3.05) is 9.80 Å². The first kappa shape index (κ1) is 36.0. The molecule has 11 rings (SSSR count). The minimum atomic E-state index is 1.05. The third-order valence-corrected chi connectivity index (χ3v) is 11.7. The quantitative estimate of drug-likeness (QED) is 0.145. The zero-order valence-corrected chi connectivity index (χ0v) is 33.5. The van der Waals surface area contributed by atoms with Crippen LogP contribution in [0.5, 0.6) is 0 Å². The summed E-state index contributed by atoms with van der Waals surface area (Å²) in [5.41, 5.74) is 14.6. The van der Waals surface area contributed by atoms with Crippen LogP contribution >= 0.6 is 0 Å². The van der Waals surface area contributed by atoms with Gasteiger partial charge in [-0.15, -0.1) is 0 Å². The monoisotopic (exact) mass is 779 g/mol. The van der Waals surface area contributed by atoms with Crippen LogP contribution in [0, 0.1) is 0 Å². The third-order valence-electron chi connectivity index (χ3n) is 11.7. The second-order valence-electron chi connectivity index (χ2n) is 15.4. The van der Waals surface area contributed by atoms with E-state index in [2.05, 4.69) is 263 Å². The fourth-order valence-electron chi connectivity index (χ4n) is 8.98. The van der Waals surface area contributed by atoms with Gasteiger partial charge in [0.15, 0.2) is 0 Å². The fraction of sp³-hybridized carbons (Fsp3) is 0. The molecule has 0 aliphatic rings. The Hall–Kier alpha value is -8.14. The second-order valence-corrected chi connectivity index (χ2v) is 15.4. The smallest absolute Gasteiger partial charge is 0.0583 e. The minimum Gasteiger partial charge on any atom is -0.310 e. The Morgan fingerprint density at radius 3 is 1.33 bits per heavy atom. The molecule has 10 aromatic carbocycles. The summed E-state index contributed by atoms with van der Waals surface area (Å²) < 4.78 is 2.49. The van der Waals surface area contributed by atoms with Crippen LogP contribution in [0.2, 0.25) is 0 Å². The molecule has 61 heavy (non-hydrogen) atoms. The fourth-order valence-corrected chi connectivity index (χ4v) is 8.98. The maximum absolute atomic E-state index is 2.49. The van der Waals surface area contributed by atoms with Gasteiger partial charge in [-0.2, -0.15) is 0 Å². The molecule has 0 spiro atoms. The highest BCUT2D eigenvalue weighted by atomic mass is 15.2. The largest absolute Gasteiger partial charge is 0.310 e. The van der Waals surface area contributed by atoms with E-state index in [0.717, 1.165) is 56.4 Å². The molecule has 288 valence electrons. The van der Waals surface area contributed by atoms with E-state index in [1.165, 1.54) is 38.2 Å². The molecular weight excluding hydrogens is 739 g/mol. The van der Waals surface area contributed by atoms with Crippen LogP contribution < -0.4 is 9.80 Å². The van der Waals surface area contributed by atoms with Crippen molar-refractivity contribution in [2.24, 2.45) is 0 Å². The molecule has 3 heteroatoms. The molecule has 0 atom stereocenters. The highest BCUT2D eigenvalue weighted by Gasteiger charge is 2.25. The average Bonchev–Trinajstić information content (AvgIpc) is 3.65. The molecule has 0 saturated carbocycles. The molecule has 0 unspecified atom stereocenters. The number of anilines is 6. The molecule has 0 bridgehead atoms. The number of para-hydroxylation sites is 4. The topological polar surface area (TPSA) is 11.4 Å². The van der Waals surface area contributed by atoms with Crippen molar-refractivity contribution in [3.8, 4) is 27.9 Å². The van der Waals surface area contributed by atoms with Gasteiger partial charge in [0.25, 0.3) is 0 Å². The van der Waals surface area contributed by atoms with Crippen molar-refractivity contribution in [3.63, 3.8) is 0 Å². The average molecular weight is 780 g/mol. The molecular formula is C58H41N3. The Labute approximate surface area is 356 Å². The molecule has 11 aromatic rings. The van der Waals surface area contributed by atoms with Gasteiger partial charge in [0.1, 0.15) is 0 Å². The predicted octanol–water partition coefficient (Wildman–Crippen LogP) is 16.2. The lowest BCUT2D eigenvalue weighted by Gasteiger charge is -2.30. The number of nitrogens with zero attached hydrogens (tertiary/aromatic N) is 3. The van der Waals surface area contributed by atoms with E-state index in [1.54, 1.807) is 0 Å². The van der Waals surface area contributed by atoms with E-state index in [-0.39, 0.29) is 0 Å². The van der Waals surface area contributed by atoms with Gasteiger partial charge in [0, 0.05) is 39.2 Å². The summed E-state index contributed by atoms with van der Waals surface area (Å²) in [7, 11) is 0. The molecule has 0 radical (unpaired) electrons. The van der Waals surface area contributed by atoms with Crippen molar-refractivity contribution in [3.05, 3.63) is 249 Å². The Kier molecular flexibility index (Phi) is 9.18. The first-order chi connectivity index (χ1) is 30.3. The van der Waals surface area contributed by atoms with Crippen molar-refractivity contribution in [1.82, 2.24) is 4.57 Å². The normalized spacial score (nSPS) is 11.3. The molecule has 3 nitrogen and oxygen atoms in total. The minimum absolute atomic E-state index is 1.05. The van der Waals surface area contributed by atoms with Gasteiger partial charge in [0.2, 0.25) is 0 Å². The van der Waals surface area contributed by atoms with E-state index < -0.39 is 0 Å². The van der Waals surface area contributed by atoms with Gasteiger partial charge in [0.05, 0.1) is 22.4 Å². The van der Waals surface area contributed by atoms with Gasteiger partial charge in [-0.1, -0.05) is 164 Å². The molecule has 1 heterocycles. The third kappa shape index (κ3) is 6.59. The Balaban J connectivity index is 1.27. The summed E-state index contributed by atoms with van der Waals surface area (Å²) >= 11 is 0. The molecule has 1 aromatic heterocycles. The maximum Gasteiger partial charge on any atom is 0.0583 e. The summed E-state index contributed by atoms with van der Waals surface area (Å²) in [6.45, 7) is 0. The first-order valence-electron chi connectivity index (χ1n) is 20.9. The molecule has 0 N–H and O–H groups in total. The summed E-state index contributed by atoms with van der Waals surface area (Å²) in [4.78, 5) is 4.80. The first-order valence-corrected chi connectivity index (χ1v) is 20.9. The highest BCUT2D eigenvalue weighted by Crippen LogP contribution is 2.49. The van der Waals surface area contributed by atoms with E-state index in [0.29, 0.717) is 0 Å². The number of rotatable bonds is 9. The molecule has 0 amide bonds. The summed E-state index contributed by atoms with van der Waals surface area (Å²) in [5.74, 6) is 0. The van der Waals surface area contributed by atoms with Gasteiger partial charge in [-0.25, -0.2) is 0 Å². The van der Waals surface area contributed by atoms with Crippen LogP contribution in [0.15, 0.2) is 249 Å². The maximum atomic E-state index is 2.49. The molecule has 0 aliphatic carbocycles. The summed E-state index contributed by atoms with van der Waals surface area (Å²) in [6, 6.07) is 89.7. The second kappa shape index (κ2) is 15.6. The van der Waals surface area contributed by atoms with Crippen LogP contribution in [0.4, 0.5) is 34.1 Å². The van der Waals surface area contributed by atoms with E-state index >= 15 is 0 Å². The lowest BCUT2D eigenvalue weighted by Crippen LogP contribution is -2.14. The lowest BCUT2D eigenvalue weighted by atomic mass is 9.94. The van der Waals surface area contributed by atoms with Crippen LogP contribution in [0.25, 0.3) is 60.5 Å². The highest BCUT2D eigenvalue weighted by molar-refractivity contribution is 6.20. The predicted molar refractivity (Wildman–Crippen MR) is 259 cm³/mol. The zero-order chi connectivity index (χ0) is 40.5. The van der Waals surface area contributed by atoms with Crippen LogP contribution in [-0.4, -0.2) is 4.57 Å². The lowest BCUT2D eigenvalue weighted by molar-refractivity contribution is 1.18. The standard InChI is InChI=1S/C58H41N3/c1-6-21-42(22-7-1)52-35-18-19-36-53(52)45-25-20-34-50(37-45)61-55-39-44-24-17-16-23-43(44)38-54(55)58-56(60(48-30-12-4-13-31-48)49-32-14-5-15-33-49)40-51(41-57(58)61)59(46-26-8-2-9-27-46)47-28-10-3-11-29-47/h1-41H. The van der Waals surface area contributed by atoms with E-state index in [4.69, 9.17) is 0 Å². The van der Waals surface area contributed by atoms with Gasteiger partial charge in [-0.3, -0.25) is 0 Å². The van der Waals surface area contributed by atoms with Crippen LogP contribution in [-0.2, 0) is 0 Å². The Morgan fingerprint density at radius 2 is 0.754 bits per heavy atom. The number of benzene rings is 10. The summed E-state index contributed by atoms with van der Waals surface area (Å²) in [6.07, 6.45) is 0. The number of fused-ring (bicyclic) bond motifs is 4. The van der Waals surface area contributed by atoms with Crippen LogP contribution in [0.1, 0.15) is 0 Å². The number of hydrogen-bond acceptors (Lipinski definition) is 2. The van der Waals surface area contributed by atoms with Crippen molar-refractivity contribution in [1.29, 1.82) is 0 Å². The number of aromatic nitrogens is 1. The van der Waals surface area contributed by atoms with Gasteiger partial charge in [-0.05, 0) is 118 Å². The van der Waals surface area contributed by atoms with Crippen molar-refractivity contribution < 1.29 is 0 Å². The Morgan fingerprint density at radius 1 is 0.295 bits per heavy atom. The molecule has 0 fully saturated rings.